The Labute approximate surface area is 132 Å². The zero-order valence-corrected chi connectivity index (χ0v) is 14.0. The van der Waals surface area contributed by atoms with Crippen LogP contribution >= 0.6 is 11.6 Å². The molecule has 0 radical (unpaired) electrons. The van der Waals surface area contributed by atoms with Gasteiger partial charge in [-0.2, -0.15) is 0 Å². The van der Waals surface area contributed by atoms with E-state index in [-0.39, 0.29) is 22.4 Å². The van der Waals surface area contributed by atoms with E-state index < -0.39 is 0 Å². The van der Waals surface area contributed by atoms with E-state index in [9.17, 15) is 4.39 Å². The summed E-state index contributed by atoms with van der Waals surface area (Å²) >= 11 is 6.13. The number of hydrogen-bond acceptors (Lipinski definition) is 2. The molecular formula is C17H26ClFN2. The summed E-state index contributed by atoms with van der Waals surface area (Å²) in [7, 11) is 0. The zero-order valence-electron chi connectivity index (χ0n) is 13.3. The maximum atomic E-state index is 13.7. The van der Waals surface area contributed by atoms with Crippen molar-refractivity contribution in [2.24, 2.45) is 0 Å². The molecule has 4 heteroatoms. The predicted octanol–water partition coefficient (Wildman–Crippen LogP) is 3.87. The molecule has 1 atom stereocenters. The lowest BCUT2D eigenvalue weighted by molar-refractivity contribution is 0.107. The predicted molar refractivity (Wildman–Crippen MR) is 87.5 cm³/mol. The molecular weight excluding hydrogens is 287 g/mol. The molecule has 0 bridgehead atoms. The molecule has 0 saturated carbocycles. The lowest BCUT2D eigenvalue weighted by atomic mass is 9.87. The van der Waals surface area contributed by atoms with Gasteiger partial charge in [0.05, 0.1) is 5.02 Å². The fourth-order valence-corrected chi connectivity index (χ4v) is 3.46. The van der Waals surface area contributed by atoms with Crippen LogP contribution in [0.15, 0.2) is 18.2 Å². The van der Waals surface area contributed by atoms with Crippen LogP contribution in [0.3, 0.4) is 0 Å². The average molecular weight is 313 g/mol. The van der Waals surface area contributed by atoms with E-state index in [0.717, 1.165) is 31.6 Å². The smallest absolute Gasteiger partial charge is 0.142 e. The van der Waals surface area contributed by atoms with Crippen LogP contribution in [-0.4, -0.2) is 36.1 Å². The van der Waals surface area contributed by atoms with Gasteiger partial charge in [-0.1, -0.05) is 30.7 Å². The molecule has 0 aliphatic carbocycles. The normalized spacial score (nSPS) is 18.1. The molecule has 1 fully saturated rings. The molecule has 1 unspecified atom stereocenters. The Hall–Kier alpha value is -0.640. The lowest BCUT2D eigenvalue weighted by Crippen LogP contribution is -2.57. The number of nitrogens with zero attached hydrogens (tertiary/aromatic N) is 1. The van der Waals surface area contributed by atoms with E-state index in [2.05, 4.69) is 31.0 Å². The second-order valence-corrected chi connectivity index (χ2v) is 6.75. The minimum Gasteiger partial charge on any atom is -0.312 e. The Balaban J connectivity index is 2.20. The number of likely N-dealkylation sites (N-methyl/N-ethyl adjacent to an activating group) is 1. The van der Waals surface area contributed by atoms with Crippen molar-refractivity contribution in [1.82, 2.24) is 10.2 Å². The number of likely N-dealkylation sites (tertiary alicyclic amines) is 1. The van der Waals surface area contributed by atoms with Crippen molar-refractivity contribution in [2.75, 3.05) is 19.6 Å². The highest BCUT2D eigenvalue weighted by atomic mass is 35.5. The minimum absolute atomic E-state index is 0.0299. The second kappa shape index (κ2) is 7.08. The summed E-state index contributed by atoms with van der Waals surface area (Å²) in [5, 5.41) is 3.83. The van der Waals surface area contributed by atoms with Gasteiger partial charge >= 0.3 is 0 Å². The van der Waals surface area contributed by atoms with E-state index in [4.69, 9.17) is 11.6 Å². The summed E-state index contributed by atoms with van der Waals surface area (Å²) in [4.78, 5) is 2.54. The molecule has 0 amide bonds. The van der Waals surface area contributed by atoms with Gasteiger partial charge in [-0.3, -0.25) is 4.90 Å². The Morgan fingerprint density at radius 1 is 1.33 bits per heavy atom. The van der Waals surface area contributed by atoms with Gasteiger partial charge in [-0.25, -0.2) is 4.39 Å². The Bertz CT molecular complexity index is 470. The Kier molecular flexibility index (Phi) is 5.64. The first-order chi connectivity index (χ1) is 9.96. The Morgan fingerprint density at radius 2 is 2.00 bits per heavy atom. The molecule has 0 spiro atoms. The summed E-state index contributed by atoms with van der Waals surface area (Å²) < 4.78 is 13.7. The molecule has 1 aliphatic rings. The number of rotatable bonds is 6. The third kappa shape index (κ3) is 3.77. The monoisotopic (exact) mass is 312 g/mol. The van der Waals surface area contributed by atoms with Gasteiger partial charge in [0.2, 0.25) is 0 Å². The largest absolute Gasteiger partial charge is 0.312 e. The van der Waals surface area contributed by atoms with Gasteiger partial charge in [-0.15, -0.1) is 0 Å². The fourth-order valence-electron chi connectivity index (χ4n) is 3.26. The molecule has 1 saturated heterocycles. The first kappa shape index (κ1) is 16.7. The third-order valence-electron chi connectivity index (χ3n) is 4.68. The third-order valence-corrected chi connectivity index (χ3v) is 5.10. The number of nitrogens with one attached hydrogen (secondary N) is 1. The van der Waals surface area contributed by atoms with Crippen LogP contribution in [0.1, 0.15) is 39.2 Å². The Morgan fingerprint density at radius 3 is 2.62 bits per heavy atom. The van der Waals surface area contributed by atoms with E-state index in [1.165, 1.54) is 18.9 Å². The summed E-state index contributed by atoms with van der Waals surface area (Å²) in [5.41, 5.74) is 0.914. The lowest BCUT2D eigenvalue weighted by Gasteiger charge is -2.43. The number of hydrogen-bond donors (Lipinski definition) is 1. The SMILES string of the molecule is CCNC(Cc1cccc(F)c1Cl)C(C)(C)N1CCCC1. The molecule has 1 aliphatic heterocycles. The number of benzene rings is 1. The van der Waals surface area contributed by atoms with Gasteiger partial charge in [0.25, 0.3) is 0 Å². The van der Waals surface area contributed by atoms with Crippen LogP contribution in [0.25, 0.3) is 0 Å². The van der Waals surface area contributed by atoms with Gasteiger partial charge in [0.1, 0.15) is 5.82 Å². The highest BCUT2D eigenvalue weighted by Crippen LogP contribution is 2.29. The van der Waals surface area contributed by atoms with E-state index in [1.807, 2.05) is 6.07 Å². The van der Waals surface area contributed by atoms with Crippen LogP contribution in [0.5, 0.6) is 0 Å². The maximum Gasteiger partial charge on any atom is 0.142 e. The van der Waals surface area contributed by atoms with Crippen molar-refractivity contribution >= 4 is 11.6 Å². The van der Waals surface area contributed by atoms with Crippen LogP contribution in [0.4, 0.5) is 4.39 Å². The first-order valence-corrected chi connectivity index (χ1v) is 8.26. The van der Waals surface area contributed by atoms with Gasteiger partial charge in [-0.05, 0) is 64.4 Å². The molecule has 2 rings (SSSR count). The van der Waals surface area contributed by atoms with Gasteiger partial charge < -0.3 is 5.32 Å². The van der Waals surface area contributed by atoms with Crippen molar-refractivity contribution < 1.29 is 4.39 Å². The maximum absolute atomic E-state index is 13.7. The van der Waals surface area contributed by atoms with Gasteiger partial charge in [0, 0.05) is 11.6 Å². The van der Waals surface area contributed by atoms with Crippen molar-refractivity contribution in [3.8, 4) is 0 Å². The van der Waals surface area contributed by atoms with Crippen LogP contribution in [0.2, 0.25) is 5.02 Å². The van der Waals surface area contributed by atoms with Crippen molar-refractivity contribution in [3.05, 3.63) is 34.6 Å². The molecule has 1 aromatic carbocycles. The fraction of sp³-hybridized carbons (Fsp3) is 0.647. The number of halogens is 2. The van der Waals surface area contributed by atoms with E-state index >= 15 is 0 Å². The highest BCUT2D eigenvalue weighted by molar-refractivity contribution is 6.31. The summed E-state index contributed by atoms with van der Waals surface area (Å²) in [6.07, 6.45) is 3.28. The molecule has 1 heterocycles. The van der Waals surface area contributed by atoms with Crippen molar-refractivity contribution in [1.29, 1.82) is 0 Å². The van der Waals surface area contributed by atoms with Crippen LogP contribution in [0, 0.1) is 5.82 Å². The van der Waals surface area contributed by atoms with E-state index in [0.29, 0.717) is 0 Å². The zero-order chi connectivity index (χ0) is 15.5. The quantitative estimate of drug-likeness (QED) is 0.857. The van der Waals surface area contributed by atoms with E-state index in [1.54, 1.807) is 6.07 Å². The molecule has 21 heavy (non-hydrogen) atoms. The summed E-state index contributed by atoms with van der Waals surface area (Å²) in [6, 6.07) is 5.33. The molecule has 0 aromatic heterocycles. The van der Waals surface area contributed by atoms with Gasteiger partial charge in [0.15, 0.2) is 0 Å². The van der Waals surface area contributed by atoms with Crippen LogP contribution < -0.4 is 5.32 Å². The van der Waals surface area contributed by atoms with Crippen LogP contribution in [-0.2, 0) is 6.42 Å². The van der Waals surface area contributed by atoms with Crippen molar-refractivity contribution in [3.63, 3.8) is 0 Å². The summed E-state index contributed by atoms with van der Waals surface area (Å²) in [5.74, 6) is -0.330. The summed E-state index contributed by atoms with van der Waals surface area (Å²) in [6.45, 7) is 9.85. The molecule has 1 aromatic rings. The van der Waals surface area contributed by atoms with Crippen molar-refractivity contribution in [2.45, 2.75) is 51.6 Å². The molecule has 1 N–H and O–H groups in total. The topological polar surface area (TPSA) is 15.3 Å². The average Bonchev–Trinajstić information content (AvgIpc) is 2.98. The minimum atomic E-state index is -0.330. The first-order valence-electron chi connectivity index (χ1n) is 7.88. The second-order valence-electron chi connectivity index (χ2n) is 6.38. The molecule has 118 valence electrons. The standard InChI is InChI=1S/C17H26ClFN2/c1-4-20-15(17(2,3)21-10-5-6-11-21)12-13-8-7-9-14(19)16(13)18/h7-9,15,20H,4-6,10-12H2,1-3H3. The highest BCUT2D eigenvalue weighted by Gasteiger charge is 2.36. The molecule has 2 nitrogen and oxygen atoms in total.